The first kappa shape index (κ1) is 25.5. The molecule has 0 bridgehead atoms. The SMILES string of the molecule is C1=CC(c2ccc(-c3ccc(-n4c5ccccc5c5cnccc54)cc3)cn2)NC=C1c1cc2ccccc2c2ccccc12. The van der Waals surface area contributed by atoms with Crippen LogP contribution in [0.1, 0.15) is 17.3 Å². The molecule has 212 valence electrons. The van der Waals surface area contributed by atoms with Gasteiger partial charge >= 0.3 is 0 Å². The van der Waals surface area contributed by atoms with Gasteiger partial charge in [-0.2, -0.15) is 0 Å². The molecule has 8 aromatic rings. The highest BCUT2D eigenvalue weighted by Gasteiger charge is 2.16. The molecular weight excluding hydrogens is 548 g/mol. The summed E-state index contributed by atoms with van der Waals surface area (Å²) in [6.07, 6.45) is 12.3. The molecular formula is C41H28N4. The third kappa shape index (κ3) is 4.22. The van der Waals surface area contributed by atoms with Crippen LogP contribution in [0.3, 0.4) is 0 Å². The predicted octanol–water partition coefficient (Wildman–Crippen LogP) is 9.79. The van der Waals surface area contributed by atoms with Gasteiger partial charge in [-0.1, -0.05) is 97.1 Å². The number of nitrogens with one attached hydrogen (secondary N) is 1. The summed E-state index contributed by atoms with van der Waals surface area (Å²) in [5.74, 6) is 0. The number of dihydropyridines is 1. The summed E-state index contributed by atoms with van der Waals surface area (Å²) in [6.45, 7) is 0. The number of rotatable bonds is 4. The normalized spacial score (nSPS) is 14.7. The lowest BCUT2D eigenvalue weighted by Crippen LogP contribution is -2.17. The number of hydrogen-bond donors (Lipinski definition) is 1. The van der Waals surface area contributed by atoms with Gasteiger partial charge in [-0.25, -0.2) is 0 Å². The molecule has 0 saturated heterocycles. The average Bonchev–Trinajstić information content (AvgIpc) is 3.46. The van der Waals surface area contributed by atoms with Gasteiger partial charge in [-0.3, -0.25) is 9.97 Å². The Bertz CT molecular complexity index is 2390. The van der Waals surface area contributed by atoms with Crippen molar-refractivity contribution in [2.45, 2.75) is 6.04 Å². The molecule has 0 aliphatic carbocycles. The molecule has 0 radical (unpaired) electrons. The summed E-state index contributed by atoms with van der Waals surface area (Å²) in [7, 11) is 0. The van der Waals surface area contributed by atoms with E-state index in [1.807, 2.05) is 18.6 Å². The number of pyridine rings is 2. The van der Waals surface area contributed by atoms with E-state index in [9.17, 15) is 0 Å². The summed E-state index contributed by atoms with van der Waals surface area (Å²) in [4.78, 5) is 9.24. The van der Waals surface area contributed by atoms with Crippen molar-refractivity contribution in [3.05, 3.63) is 170 Å². The van der Waals surface area contributed by atoms with Gasteiger partial charge in [-0.05, 0) is 74.6 Å². The first-order valence-corrected chi connectivity index (χ1v) is 15.3. The average molecular weight is 577 g/mol. The lowest BCUT2D eigenvalue weighted by Gasteiger charge is -2.20. The minimum atomic E-state index is 0.0155. The zero-order valence-corrected chi connectivity index (χ0v) is 24.4. The molecule has 1 aliphatic heterocycles. The molecule has 0 saturated carbocycles. The minimum absolute atomic E-state index is 0.0155. The fourth-order valence-corrected chi connectivity index (χ4v) is 6.78. The topological polar surface area (TPSA) is 42.7 Å². The van der Waals surface area contributed by atoms with Gasteiger partial charge in [0.15, 0.2) is 0 Å². The van der Waals surface area contributed by atoms with E-state index < -0.39 is 0 Å². The molecule has 9 rings (SSSR count). The van der Waals surface area contributed by atoms with Crippen LogP contribution in [0, 0.1) is 0 Å². The van der Waals surface area contributed by atoms with Gasteiger partial charge in [0.2, 0.25) is 0 Å². The van der Waals surface area contributed by atoms with Crippen molar-refractivity contribution >= 4 is 48.9 Å². The number of benzene rings is 5. The molecule has 1 N–H and O–H groups in total. The highest BCUT2D eigenvalue weighted by atomic mass is 15.0. The molecule has 3 aromatic heterocycles. The van der Waals surface area contributed by atoms with Gasteiger partial charge in [0.25, 0.3) is 0 Å². The molecule has 4 nitrogen and oxygen atoms in total. The third-order valence-electron chi connectivity index (χ3n) is 9.00. The molecule has 4 heterocycles. The number of nitrogens with zero attached hydrogens (tertiary/aromatic N) is 3. The lowest BCUT2D eigenvalue weighted by atomic mass is 9.92. The molecule has 0 amide bonds. The Morgan fingerprint density at radius 1 is 0.600 bits per heavy atom. The van der Waals surface area contributed by atoms with Crippen LogP contribution in [0.25, 0.3) is 65.7 Å². The summed E-state index contributed by atoms with van der Waals surface area (Å²) < 4.78 is 2.31. The minimum Gasteiger partial charge on any atom is -0.379 e. The van der Waals surface area contributed by atoms with E-state index in [-0.39, 0.29) is 6.04 Å². The lowest BCUT2D eigenvalue weighted by molar-refractivity contribution is 0.724. The van der Waals surface area contributed by atoms with Crippen molar-refractivity contribution in [1.82, 2.24) is 19.9 Å². The van der Waals surface area contributed by atoms with Crippen LogP contribution in [0.15, 0.2) is 158 Å². The van der Waals surface area contributed by atoms with E-state index in [0.717, 1.165) is 33.4 Å². The number of hydrogen-bond acceptors (Lipinski definition) is 3. The quantitative estimate of drug-likeness (QED) is 0.212. The molecule has 1 atom stereocenters. The molecule has 45 heavy (non-hydrogen) atoms. The van der Waals surface area contributed by atoms with E-state index in [1.54, 1.807) is 0 Å². The Kier molecular flexibility index (Phi) is 5.85. The van der Waals surface area contributed by atoms with Gasteiger partial charge in [0.1, 0.15) is 0 Å². The Labute approximate surface area is 260 Å². The maximum atomic E-state index is 4.87. The predicted molar refractivity (Wildman–Crippen MR) is 186 cm³/mol. The first-order valence-electron chi connectivity index (χ1n) is 15.3. The second-order valence-corrected chi connectivity index (χ2v) is 11.6. The van der Waals surface area contributed by atoms with Gasteiger partial charge < -0.3 is 9.88 Å². The number of allylic oxidation sites excluding steroid dienone is 2. The largest absolute Gasteiger partial charge is 0.379 e. The summed E-state index contributed by atoms with van der Waals surface area (Å²) in [5.41, 5.74) is 9.08. The van der Waals surface area contributed by atoms with Gasteiger partial charge in [0.05, 0.1) is 22.8 Å². The van der Waals surface area contributed by atoms with Gasteiger partial charge in [-0.15, -0.1) is 0 Å². The van der Waals surface area contributed by atoms with Crippen molar-refractivity contribution in [3.8, 4) is 16.8 Å². The van der Waals surface area contributed by atoms with Gasteiger partial charge in [0, 0.05) is 46.8 Å². The fourth-order valence-electron chi connectivity index (χ4n) is 6.78. The standard InChI is InChI=1S/C41H28N4/c1-2-8-32-28(7-1)23-36(34-10-4-3-9-33(32)34)30-16-20-39(44-25-30)38-19-15-29(24-43-38)27-13-17-31(18-14-27)45-40-12-6-5-11-35(40)37-26-42-22-21-41(37)45/h1-26,39,44H. The van der Waals surface area contributed by atoms with Crippen molar-refractivity contribution in [2.75, 3.05) is 0 Å². The second kappa shape index (κ2) is 10.3. The molecule has 1 unspecified atom stereocenters. The van der Waals surface area contributed by atoms with E-state index >= 15 is 0 Å². The molecule has 0 spiro atoms. The zero-order chi connectivity index (χ0) is 29.7. The Hall–Kier alpha value is -6.00. The maximum absolute atomic E-state index is 4.87. The van der Waals surface area contributed by atoms with E-state index in [0.29, 0.717) is 0 Å². The number of para-hydroxylation sites is 1. The Morgan fingerprint density at radius 3 is 2.13 bits per heavy atom. The molecule has 4 heteroatoms. The summed E-state index contributed by atoms with van der Waals surface area (Å²) in [6, 6.07) is 43.2. The van der Waals surface area contributed by atoms with E-state index in [1.165, 1.54) is 43.6 Å². The van der Waals surface area contributed by atoms with E-state index in [2.05, 4.69) is 155 Å². The zero-order valence-electron chi connectivity index (χ0n) is 24.4. The van der Waals surface area contributed by atoms with Crippen molar-refractivity contribution in [1.29, 1.82) is 0 Å². The fraction of sp³-hybridized carbons (Fsp3) is 0.0244. The van der Waals surface area contributed by atoms with Crippen LogP contribution in [0.2, 0.25) is 0 Å². The highest BCUT2D eigenvalue weighted by Crippen LogP contribution is 2.35. The van der Waals surface area contributed by atoms with Crippen LogP contribution in [-0.4, -0.2) is 14.5 Å². The Balaban J connectivity index is 0.975. The molecule has 1 aliphatic rings. The number of aromatic nitrogens is 3. The first-order chi connectivity index (χ1) is 22.3. The van der Waals surface area contributed by atoms with Crippen LogP contribution in [-0.2, 0) is 0 Å². The second-order valence-electron chi connectivity index (χ2n) is 11.6. The highest BCUT2D eigenvalue weighted by molar-refractivity contribution is 6.12. The number of fused-ring (bicyclic) bond motifs is 6. The maximum Gasteiger partial charge on any atom is 0.0868 e. The Morgan fingerprint density at radius 2 is 1.33 bits per heavy atom. The smallest absolute Gasteiger partial charge is 0.0868 e. The van der Waals surface area contributed by atoms with Crippen molar-refractivity contribution in [3.63, 3.8) is 0 Å². The van der Waals surface area contributed by atoms with Crippen LogP contribution < -0.4 is 5.32 Å². The third-order valence-corrected chi connectivity index (χ3v) is 9.00. The molecule has 0 fully saturated rings. The van der Waals surface area contributed by atoms with Crippen molar-refractivity contribution < 1.29 is 0 Å². The van der Waals surface area contributed by atoms with Crippen LogP contribution in [0.5, 0.6) is 0 Å². The van der Waals surface area contributed by atoms with Crippen LogP contribution >= 0.6 is 0 Å². The van der Waals surface area contributed by atoms with Crippen LogP contribution in [0.4, 0.5) is 0 Å². The monoisotopic (exact) mass is 576 g/mol. The molecule has 5 aromatic carbocycles. The van der Waals surface area contributed by atoms with E-state index in [4.69, 9.17) is 4.98 Å². The summed E-state index contributed by atoms with van der Waals surface area (Å²) >= 11 is 0. The summed E-state index contributed by atoms with van der Waals surface area (Å²) in [5, 5.41) is 11.0. The van der Waals surface area contributed by atoms with Crippen molar-refractivity contribution in [2.24, 2.45) is 0 Å².